The molecule has 0 heterocycles. The van der Waals surface area contributed by atoms with Crippen molar-refractivity contribution >= 4 is 27.5 Å². The van der Waals surface area contributed by atoms with E-state index in [1.807, 2.05) is 0 Å². The zero-order valence-electron chi connectivity index (χ0n) is 6.17. The van der Waals surface area contributed by atoms with Gasteiger partial charge in [0.05, 0.1) is 12.0 Å². The Kier molecular flexibility index (Phi) is 3.38. The molecule has 1 unspecified atom stereocenters. The Balaban J connectivity index is 3.01. The molecule has 0 spiro atoms. The van der Waals surface area contributed by atoms with Gasteiger partial charge in [0.1, 0.15) is 5.75 Å². The quantitative estimate of drug-likeness (QED) is 0.793. The van der Waals surface area contributed by atoms with Crippen LogP contribution in [0.15, 0.2) is 22.7 Å². The fraction of sp³-hybridized carbons (Fsp3) is 0.250. The first-order valence-electron chi connectivity index (χ1n) is 3.37. The number of hydrogen-bond donors (Lipinski definition) is 2. The summed E-state index contributed by atoms with van der Waals surface area (Å²) in [6, 6.07) is 4.89. The zero-order chi connectivity index (χ0) is 9.14. The number of phenols is 1. The monoisotopic (exact) mass is 250 g/mol. The van der Waals surface area contributed by atoms with E-state index in [0.717, 1.165) is 4.47 Å². The average molecular weight is 252 g/mol. The van der Waals surface area contributed by atoms with Crippen molar-refractivity contribution in [1.29, 1.82) is 0 Å². The van der Waals surface area contributed by atoms with Gasteiger partial charge in [0.25, 0.3) is 0 Å². The predicted molar refractivity (Wildman–Crippen MR) is 51.5 cm³/mol. The van der Waals surface area contributed by atoms with Gasteiger partial charge in [-0.05, 0) is 12.1 Å². The highest BCUT2D eigenvalue weighted by Gasteiger charge is 2.10. The van der Waals surface area contributed by atoms with Crippen LogP contribution in [0, 0.1) is 0 Å². The number of aromatic hydroxyl groups is 1. The maximum Gasteiger partial charge on any atom is 0.122 e. The maximum absolute atomic E-state index is 9.34. The number of phenolic OH excluding ortho intramolecular Hbond substituents is 1. The van der Waals surface area contributed by atoms with E-state index in [0.29, 0.717) is 5.56 Å². The van der Waals surface area contributed by atoms with Gasteiger partial charge in [-0.3, -0.25) is 0 Å². The van der Waals surface area contributed by atoms with E-state index in [2.05, 4.69) is 15.9 Å². The van der Waals surface area contributed by atoms with Crippen molar-refractivity contribution < 1.29 is 10.2 Å². The van der Waals surface area contributed by atoms with Gasteiger partial charge < -0.3 is 10.2 Å². The van der Waals surface area contributed by atoms with Crippen LogP contribution in [0.2, 0.25) is 0 Å². The Morgan fingerprint density at radius 1 is 1.50 bits per heavy atom. The minimum absolute atomic E-state index is 0.0533. The summed E-state index contributed by atoms with van der Waals surface area (Å²) in [5, 5.41) is 18.6. The van der Waals surface area contributed by atoms with Gasteiger partial charge in [0, 0.05) is 10.0 Å². The van der Waals surface area contributed by atoms with Crippen LogP contribution in [-0.4, -0.2) is 16.1 Å². The van der Waals surface area contributed by atoms with Crippen LogP contribution >= 0.6 is 27.5 Å². The molecule has 0 aromatic heterocycles. The molecule has 2 nitrogen and oxygen atoms in total. The molecule has 0 aliphatic rings. The number of aliphatic hydroxyl groups is 1. The molecular weight excluding hydrogens is 243 g/mol. The molecule has 1 atom stereocenters. The molecule has 1 aromatic rings. The molecule has 0 radical (unpaired) electrons. The molecular formula is C8H8BrClO2. The number of hydrogen-bond acceptors (Lipinski definition) is 2. The lowest BCUT2D eigenvalue weighted by molar-refractivity contribution is 0.198. The van der Waals surface area contributed by atoms with Gasteiger partial charge in [-0.25, -0.2) is 0 Å². The molecule has 1 rings (SSSR count). The SMILES string of the molecule is Oc1cc(Br)ccc1C(O)CCl. The van der Waals surface area contributed by atoms with E-state index in [9.17, 15) is 10.2 Å². The molecule has 0 bridgehead atoms. The first-order valence-corrected chi connectivity index (χ1v) is 4.70. The zero-order valence-corrected chi connectivity index (χ0v) is 8.51. The van der Waals surface area contributed by atoms with Crippen molar-refractivity contribution in [2.24, 2.45) is 0 Å². The van der Waals surface area contributed by atoms with Crippen LogP contribution in [0.1, 0.15) is 11.7 Å². The van der Waals surface area contributed by atoms with Crippen molar-refractivity contribution in [3.05, 3.63) is 28.2 Å². The molecule has 4 heteroatoms. The standard InChI is InChI=1S/C8H8BrClO2/c9-5-1-2-6(7(11)3-5)8(12)4-10/h1-3,8,11-12H,4H2. The first kappa shape index (κ1) is 9.84. The Bertz CT molecular complexity index is 278. The summed E-state index contributed by atoms with van der Waals surface area (Å²) in [5.74, 6) is 0.132. The lowest BCUT2D eigenvalue weighted by atomic mass is 10.1. The number of aliphatic hydroxyl groups excluding tert-OH is 1. The predicted octanol–water partition coefficient (Wildman–Crippen LogP) is 2.43. The van der Waals surface area contributed by atoms with Crippen LogP contribution in [0.4, 0.5) is 0 Å². The second-order valence-electron chi connectivity index (χ2n) is 2.37. The van der Waals surface area contributed by atoms with Crippen molar-refractivity contribution in [2.75, 3.05) is 5.88 Å². The highest BCUT2D eigenvalue weighted by molar-refractivity contribution is 9.10. The second-order valence-corrected chi connectivity index (χ2v) is 3.60. The number of halogens is 2. The van der Waals surface area contributed by atoms with E-state index in [4.69, 9.17) is 11.6 Å². The second kappa shape index (κ2) is 4.12. The van der Waals surface area contributed by atoms with Gasteiger partial charge in [-0.2, -0.15) is 0 Å². The van der Waals surface area contributed by atoms with Crippen molar-refractivity contribution in [1.82, 2.24) is 0 Å². The van der Waals surface area contributed by atoms with Crippen LogP contribution < -0.4 is 0 Å². The van der Waals surface area contributed by atoms with Crippen LogP contribution in [0.3, 0.4) is 0 Å². The summed E-state index contributed by atoms with van der Waals surface area (Å²) in [5.41, 5.74) is 0.452. The van der Waals surface area contributed by atoms with E-state index >= 15 is 0 Å². The van der Waals surface area contributed by atoms with E-state index in [1.165, 1.54) is 6.07 Å². The molecule has 0 saturated heterocycles. The normalized spacial score (nSPS) is 12.9. The molecule has 0 amide bonds. The third-order valence-corrected chi connectivity index (χ3v) is 2.28. The highest BCUT2D eigenvalue weighted by Crippen LogP contribution is 2.27. The summed E-state index contributed by atoms with van der Waals surface area (Å²) in [4.78, 5) is 0. The summed E-state index contributed by atoms with van der Waals surface area (Å²) in [7, 11) is 0. The van der Waals surface area contributed by atoms with Gasteiger partial charge in [0.2, 0.25) is 0 Å². The average Bonchev–Trinajstić information content (AvgIpc) is 2.03. The number of benzene rings is 1. The fourth-order valence-electron chi connectivity index (χ4n) is 0.882. The Morgan fingerprint density at radius 3 is 2.67 bits per heavy atom. The molecule has 1 aromatic carbocycles. The third-order valence-electron chi connectivity index (χ3n) is 1.50. The van der Waals surface area contributed by atoms with Gasteiger partial charge in [-0.1, -0.05) is 22.0 Å². The Labute approximate surface area is 83.9 Å². The summed E-state index contributed by atoms with van der Waals surface area (Å²) < 4.78 is 0.769. The van der Waals surface area contributed by atoms with E-state index in [1.54, 1.807) is 12.1 Å². The van der Waals surface area contributed by atoms with E-state index in [-0.39, 0.29) is 11.6 Å². The lowest BCUT2D eigenvalue weighted by Crippen LogP contribution is -1.98. The highest BCUT2D eigenvalue weighted by atomic mass is 79.9. The Hall–Kier alpha value is -0.250. The number of rotatable bonds is 2. The summed E-state index contributed by atoms with van der Waals surface area (Å²) in [6.45, 7) is 0. The van der Waals surface area contributed by atoms with Gasteiger partial charge in [-0.15, -0.1) is 11.6 Å². The molecule has 12 heavy (non-hydrogen) atoms. The smallest absolute Gasteiger partial charge is 0.122 e. The molecule has 66 valence electrons. The van der Waals surface area contributed by atoms with Crippen LogP contribution in [0.5, 0.6) is 5.75 Å². The van der Waals surface area contributed by atoms with Gasteiger partial charge >= 0.3 is 0 Å². The number of alkyl halides is 1. The minimum Gasteiger partial charge on any atom is -0.508 e. The van der Waals surface area contributed by atoms with Crippen molar-refractivity contribution in [3.8, 4) is 5.75 Å². The lowest BCUT2D eigenvalue weighted by Gasteiger charge is -2.08. The van der Waals surface area contributed by atoms with E-state index < -0.39 is 6.10 Å². The molecule has 0 saturated carbocycles. The fourth-order valence-corrected chi connectivity index (χ4v) is 1.40. The molecule has 2 N–H and O–H groups in total. The van der Waals surface area contributed by atoms with Crippen LogP contribution in [0.25, 0.3) is 0 Å². The molecule has 0 fully saturated rings. The topological polar surface area (TPSA) is 40.5 Å². The van der Waals surface area contributed by atoms with Crippen molar-refractivity contribution in [2.45, 2.75) is 6.10 Å². The first-order chi connectivity index (χ1) is 5.65. The molecule has 0 aliphatic heterocycles. The maximum atomic E-state index is 9.34. The largest absolute Gasteiger partial charge is 0.508 e. The third kappa shape index (κ3) is 2.12. The van der Waals surface area contributed by atoms with Crippen LogP contribution in [-0.2, 0) is 0 Å². The van der Waals surface area contributed by atoms with Crippen molar-refractivity contribution in [3.63, 3.8) is 0 Å². The summed E-state index contributed by atoms with van der Waals surface area (Å²) in [6.07, 6.45) is -0.806. The Morgan fingerprint density at radius 2 is 2.17 bits per heavy atom. The molecule has 0 aliphatic carbocycles. The van der Waals surface area contributed by atoms with Gasteiger partial charge in [0.15, 0.2) is 0 Å². The minimum atomic E-state index is -0.806. The summed E-state index contributed by atoms with van der Waals surface area (Å²) >= 11 is 8.62.